The molecule has 0 amide bonds. The van der Waals surface area contributed by atoms with E-state index >= 15 is 0 Å². The van der Waals surface area contributed by atoms with Gasteiger partial charge < -0.3 is 9.84 Å². The van der Waals surface area contributed by atoms with Crippen molar-refractivity contribution in [3.8, 4) is 34.0 Å². The van der Waals surface area contributed by atoms with Gasteiger partial charge in [0.1, 0.15) is 5.75 Å². The van der Waals surface area contributed by atoms with E-state index in [4.69, 9.17) is 16.1 Å². The summed E-state index contributed by atoms with van der Waals surface area (Å²) in [6.45, 7) is 37.6. The number of hydrogen-bond acceptors (Lipinski definition) is 6. The first-order valence-electron chi connectivity index (χ1n) is 32.0. The van der Waals surface area contributed by atoms with Gasteiger partial charge >= 0.3 is 0 Å². The zero-order chi connectivity index (χ0) is 62.7. The predicted octanol–water partition coefficient (Wildman–Crippen LogP) is 23.2. The van der Waals surface area contributed by atoms with Crippen LogP contribution < -0.4 is 4.74 Å². The number of ether oxygens (including phenoxy) is 1. The molecule has 2 aliphatic heterocycles. The van der Waals surface area contributed by atoms with Crippen LogP contribution in [0.5, 0.6) is 11.5 Å². The number of benzene rings is 8. The Morgan fingerprint density at radius 1 is 0.575 bits per heavy atom. The van der Waals surface area contributed by atoms with Crippen molar-refractivity contribution in [2.45, 2.75) is 179 Å². The average molecular weight is 1350 g/mol. The maximum Gasteiger partial charge on any atom is 0.164 e. The Bertz CT molecular complexity index is 4330. The molecule has 0 fully saturated rings. The fourth-order valence-corrected chi connectivity index (χ4v) is 14.1. The Hall–Kier alpha value is -6.37. The zero-order valence-corrected chi connectivity index (χ0v) is 57.9. The van der Waals surface area contributed by atoms with Crippen LogP contribution >= 0.6 is 11.8 Å². The van der Waals surface area contributed by atoms with Crippen molar-refractivity contribution < 1.29 is 36.1 Å². The van der Waals surface area contributed by atoms with Gasteiger partial charge in [-0.1, -0.05) is 224 Å². The van der Waals surface area contributed by atoms with E-state index in [0.717, 1.165) is 107 Å². The smallest absolute Gasteiger partial charge is 0.164 e. The van der Waals surface area contributed by atoms with E-state index in [9.17, 15) is 9.90 Å². The molecule has 0 bridgehead atoms. The van der Waals surface area contributed by atoms with Crippen molar-refractivity contribution in [2.75, 3.05) is 0 Å². The van der Waals surface area contributed by atoms with Crippen LogP contribution in [0.15, 0.2) is 143 Å². The molecule has 0 spiro atoms. The van der Waals surface area contributed by atoms with E-state index in [2.05, 4.69) is 198 Å². The van der Waals surface area contributed by atoms with Gasteiger partial charge in [-0.05, 0) is 151 Å². The SMILES string of the molecule is CC(C)(C)Cc1c2c([c-]c3ccccc13)-c1nccc3c1c(cc1c(CC(C)(C)C)cccc13)S2.CCC(CC)/C(O)=C/C(=O)C(C)(CC)CC.[2H]c1cc2c3c(cc4c(CC(C)(C)C)cccc42)Oc2c([c-]c4ccccc4c2CC(C)(C)C)-c3n1.[Ir]. The summed E-state index contributed by atoms with van der Waals surface area (Å²) in [7, 11) is 0. The standard InChI is InChI=1S/C33H32NO.C33H32NS.C14H26O2.Ir/c2*1-32(2,3)18-21-11-9-13-23-24-14-15-34-30-26-16-20-10-7-8-12-22(20)27(19-33(4,5)6)31(26)35-28(29(24)30)17-25(21)23;1-6-11(7-2)12(15)10-13(16)14(5,8-3)9-4;/h2*7-15,17H,18-19H2,1-6H3;10-11,15H,6-9H2,1-5H3;/q2*-1;;/b;;12-10-;/i15D;;;. The monoisotopic (exact) mass is 1350 g/mol. The number of hydrogen-bond donors (Lipinski definition) is 1. The van der Waals surface area contributed by atoms with E-state index in [0.29, 0.717) is 0 Å². The molecule has 0 unspecified atom stereocenters. The van der Waals surface area contributed by atoms with E-state index in [1.807, 2.05) is 58.6 Å². The molecule has 4 heterocycles. The van der Waals surface area contributed by atoms with Gasteiger partial charge in [-0.2, -0.15) is 0 Å². The van der Waals surface area contributed by atoms with Crippen molar-refractivity contribution in [3.63, 3.8) is 0 Å². The number of fused-ring (bicyclic) bond motifs is 10. The molecule has 12 rings (SSSR count). The Kier molecular flexibility index (Phi) is 18.5. The van der Waals surface area contributed by atoms with Crippen molar-refractivity contribution in [3.05, 3.63) is 168 Å². The van der Waals surface area contributed by atoms with Gasteiger partial charge in [-0.25, -0.2) is 0 Å². The second kappa shape index (κ2) is 25.3. The Morgan fingerprint density at radius 2 is 1.07 bits per heavy atom. The summed E-state index contributed by atoms with van der Waals surface area (Å²) >= 11 is 1.93. The molecule has 87 heavy (non-hydrogen) atoms. The number of aliphatic hydroxyl groups is 1. The third-order valence-electron chi connectivity index (χ3n) is 17.5. The maximum atomic E-state index is 12.0. The van der Waals surface area contributed by atoms with Crippen LogP contribution in [0.25, 0.3) is 87.1 Å². The minimum absolute atomic E-state index is 0. The number of carbonyl (C=O) groups excluding carboxylic acids is 1. The van der Waals surface area contributed by atoms with E-state index in [1.165, 1.54) is 81.2 Å². The van der Waals surface area contributed by atoms with Gasteiger partial charge in [0.25, 0.3) is 0 Å². The predicted molar refractivity (Wildman–Crippen MR) is 367 cm³/mol. The first-order chi connectivity index (χ1) is 41.0. The number of ketones is 1. The molecule has 7 heteroatoms. The van der Waals surface area contributed by atoms with Crippen LogP contribution in [-0.4, -0.2) is 20.9 Å². The minimum Gasteiger partial charge on any atom is -0.512 e. The van der Waals surface area contributed by atoms with Crippen molar-refractivity contribution in [1.82, 2.24) is 9.97 Å². The van der Waals surface area contributed by atoms with Gasteiger partial charge in [-0.15, -0.1) is 46.8 Å². The van der Waals surface area contributed by atoms with Crippen molar-refractivity contribution in [1.29, 1.82) is 0 Å². The number of nitrogens with zero attached hydrogens (tertiary/aromatic N) is 2. The number of rotatable bonds is 11. The van der Waals surface area contributed by atoms with Gasteiger partial charge in [-0.3, -0.25) is 14.8 Å². The van der Waals surface area contributed by atoms with Crippen molar-refractivity contribution in [2.24, 2.45) is 33.0 Å². The molecule has 1 N–H and O–H groups in total. The topological polar surface area (TPSA) is 72.3 Å². The summed E-state index contributed by atoms with van der Waals surface area (Å²) < 4.78 is 15.5. The molecule has 5 nitrogen and oxygen atoms in total. The maximum absolute atomic E-state index is 12.0. The summed E-state index contributed by atoms with van der Waals surface area (Å²) in [5.74, 6) is 2.10. The Balaban J connectivity index is 0.000000168. The van der Waals surface area contributed by atoms with Crippen molar-refractivity contribution >= 4 is 82.2 Å². The molecular weight excluding hydrogens is 1260 g/mol. The summed E-state index contributed by atoms with van der Waals surface area (Å²) in [5, 5.41) is 24.2. The largest absolute Gasteiger partial charge is 0.512 e. The number of pyridine rings is 2. The molecule has 8 aromatic carbocycles. The third kappa shape index (κ3) is 13.6. The van der Waals surface area contributed by atoms with E-state index < -0.39 is 0 Å². The van der Waals surface area contributed by atoms with Gasteiger partial charge in [0.2, 0.25) is 0 Å². The quantitative estimate of drug-likeness (QED) is 0.0602. The molecular formula is C80H90IrN2O3S-2. The second-order valence-electron chi connectivity index (χ2n) is 29.5. The molecule has 0 aliphatic carbocycles. The molecule has 0 saturated carbocycles. The van der Waals surface area contributed by atoms with Crippen LogP contribution in [0.4, 0.5) is 0 Å². The van der Waals surface area contributed by atoms with Crippen LogP contribution in [0.2, 0.25) is 0 Å². The number of allylic oxidation sites excluding steroid dienone is 2. The second-order valence-corrected chi connectivity index (χ2v) is 30.5. The average Bonchev–Trinajstić information content (AvgIpc) is 1.47. The molecule has 1 radical (unpaired) electrons. The number of aliphatic hydroxyl groups excluding tert-OH is 1. The summed E-state index contributed by atoms with van der Waals surface area (Å²) in [6.07, 6.45) is 11.0. The molecule has 2 aliphatic rings. The van der Waals surface area contributed by atoms with Crippen LogP contribution in [-0.2, 0) is 50.6 Å². The first-order valence-corrected chi connectivity index (χ1v) is 32.3. The molecule has 0 saturated heterocycles. The molecule has 455 valence electrons. The Morgan fingerprint density at radius 3 is 1.62 bits per heavy atom. The van der Waals surface area contributed by atoms with Crippen LogP contribution in [0, 0.1) is 45.1 Å². The molecule has 0 atom stereocenters. The van der Waals surface area contributed by atoms with Crippen LogP contribution in [0.1, 0.15) is 167 Å². The number of aromatic nitrogens is 2. The zero-order valence-electron chi connectivity index (χ0n) is 55.7. The summed E-state index contributed by atoms with van der Waals surface area (Å²) in [5.41, 5.74) is 9.59. The van der Waals surface area contributed by atoms with E-state index in [1.54, 1.807) is 0 Å². The number of carbonyl (C=O) groups is 1. The summed E-state index contributed by atoms with van der Waals surface area (Å²) in [6, 6.07) is 46.6. The summed E-state index contributed by atoms with van der Waals surface area (Å²) in [4.78, 5) is 24.4. The van der Waals surface area contributed by atoms with Gasteiger partial charge in [0, 0.05) is 71.6 Å². The van der Waals surface area contributed by atoms with Gasteiger partial charge in [0.15, 0.2) is 5.78 Å². The fraction of sp³-hybridized carbons (Fsp3) is 0.388. The fourth-order valence-electron chi connectivity index (χ4n) is 12.8. The molecule has 2 aromatic heterocycles. The third-order valence-corrected chi connectivity index (χ3v) is 18.7. The normalized spacial score (nSPS) is 13.4. The first kappa shape index (κ1) is 63.6. The Labute approximate surface area is 538 Å². The van der Waals surface area contributed by atoms with Gasteiger partial charge in [0.05, 0.1) is 12.9 Å². The minimum atomic E-state index is -0.319. The molecule has 10 aromatic rings. The van der Waals surface area contributed by atoms with Crippen LogP contribution in [0.3, 0.4) is 0 Å². The van der Waals surface area contributed by atoms with E-state index in [-0.39, 0.29) is 70.8 Å².